The Morgan fingerprint density at radius 3 is 3.07 bits per heavy atom. The molecule has 1 aliphatic rings. The Morgan fingerprint density at radius 2 is 2.29 bits per heavy atom. The van der Waals surface area contributed by atoms with Crippen molar-refractivity contribution in [2.24, 2.45) is 5.73 Å². The topological polar surface area (TPSA) is 64.5 Å². The molecule has 0 amide bonds. The van der Waals surface area contributed by atoms with E-state index in [4.69, 9.17) is 16.2 Å². The molecule has 0 spiro atoms. The zero-order valence-electron chi connectivity index (χ0n) is 8.07. The summed E-state index contributed by atoms with van der Waals surface area (Å²) in [6.07, 6.45) is 0. The van der Waals surface area contributed by atoms with Crippen molar-refractivity contribution in [3.05, 3.63) is 18.2 Å². The molecule has 0 fully saturated rings. The monoisotopic (exact) mass is 193 g/mol. The van der Waals surface area contributed by atoms with Gasteiger partial charge in [0.15, 0.2) is 0 Å². The van der Waals surface area contributed by atoms with Crippen LogP contribution in [-0.2, 0) is 0 Å². The van der Waals surface area contributed by atoms with E-state index in [1.807, 2.05) is 18.2 Å². The quantitative estimate of drug-likeness (QED) is 0.668. The largest absolute Gasteiger partial charge is 0.490 e. The summed E-state index contributed by atoms with van der Waals surface area (Å²) in [7, 11) is 0. The van der Waals surface area contributed by atoms with Gasteiger partial charge in [0.05, 0.1) is 12.2 Å². The highest BCUT2D eigenvalue weighted by atomic mass is 16.5. The number of hydrogen-bond acceptors (Lipinski definition) is 4. The lowest BCUT2D eigenvalue weighted by molar-refractivity contribution is 0.308. The minimum absolute atomic E-state index is 0.647. The fraction of sp³-hybridized carbons (Fsp3) is 0.400. The van der Waals surface area contributed by atoms with E-state index in [0.29, 0.717) is 6.54 Å². The van der Waals surface area contributed by atoms with Crippen LogP contribution in [0.1, 0.15) is 0 Å². The molecule has 1 aliphatic heterocycles. The summed E-state index contributed by atoms with van der Waals surface area (Å²) in [4.78, 5) is 2.20. The molecule has 14 heavy (non-hydrogen) atoms. The first-order valence-electron chi connectivity index (χ1n) is 4.78. The number of nitrogens with two attached hydrogens (primary N) is 2. The summed E-state index contributed by atoms with van der Waals surface area (Å²) in [5, 5.41) is 0. The zero-order chi connectivity index (χ0) is 9.97. The van der Waals surface area contributed by atoms with E-state index in [1.54, 1.807) is 0 Å². The van der Waals surface area contributed by atoms with Crippen LogP contribution in [0.4, 0.5) is 11.4 Å². The summed E-state index contributed by atoms with van der Waals surface area (Å²) in [6, 6.07) is 5.70. The van der Waals surface area contributed by atoms with Crippen LogP contribution in [0.15, 0.2) is 18.2 Å². The first-order valence-corrected chi connectivity index (χ1v) is 4.78. The van der Waals surface area contributed by atoms with Crippen LogP contribution in [0.25, 0.3) is 0 Å². The lowest BCUT2D eigenvalue weighted by Crippen LogP contribution is -2.36. The molecule has 0 saturated carbocycles. The molecule has 1 aromatic carbocycles. The summed E-state index contributed by atoms with van der Waals surface area (Å²) in [5.41, 5.74) is 13.1. The van der Waals surface area contributed by atoms with Crippen molar-refractivity contribution in [2.75, 3.05) is 36.9 Å². The van der Waals surface area contributed by atoms with Gasteiger partial charge in [-0.1, -0.05) is 0 Å². The van der Waals surface area contributed by atoms with Crippen molar-refractivity contribution in [1.82, 2.24) is 0 Å². The highest BCUT2D eigenvalue weighted by Gasteiger charge is 2.16. The second kappa shape index (κ2) is 3.75. The first-order chi connectivity index (χ1) is 6.81. The molecule has 0 atom stereocenters. The molecule has 1 heterocycles. The van der Waals surface area contributed by atoms with Crippen molar-refractivity contribution in [2.45, 2.75) is 0 Å². The molecule has 4 N–H and O–H groups in total. The highest BCUT2D eigenvalue weighted by Crippen LogP contribution is 2.32. The van der Waals surface area contributed by atoms with E-state index >= 15 is 0 Å². The van der Waals surface area contributed by atoms with Gasteiger partial charge >= 0.3 is 0 Å². The van der Waals surface area contributed by atoms with Gasteiger partial charge in [-0.3, -0.25) is 0 Å². The average molecular weight is 193 g/mol. The van der Waals surface area contributed by atoms with Crippen molar-refractivity contribution >= 4 is 11.4 Å². The summed E-state index contributed by atoms with van der Waals surface area (Å²) in [5.74, 6) is 0.902. The summed E-state index contributed by atoms with van der Waals surface area (Å²) >= 11 is 0. The van der Waals surface area contributed by atoms with Crippen LogP contribution in [0.3, 0.4) is 0 Å². The number of hydrogen-bond donors (Lipinski definition) is 2. The van der Waals surface area contributed by atoms with E-state index < -0.39 is 0 Å². The Kier molecular flexibility index (Phi) is 2.45. The predicted molar refractivity (Wildman–Crippen MR) is 57.6 cm³/mol. The number of nitrogens with zero attached hydrogens (tertiary/aromatic N) is 1. The van der Waals surface area contributed by atoms with Crippen molar-refractivity contribution in [1.29, 1.82) is 0 Å². The smallest absolute Gasteiger partial charge is 0.142 e. The molecule has 4 heteroatoms. The third-order valence-electron chi connectivity index (χ3n) is 2.34. The van der Waals surface area contributed by atoms with Gasteiger partial charge in [-0.05, 0) is 18.2 Å². The van der Waals surface area contributed by atoms with E-state index in [0.717, 1.165) is 36.8 Å². The predicted octanol–water partition coefficient (Wildman–Crippen LogP) is 0.426. The SMILES string of the molecule is NCCN1CCOc2ccc(N)cc21. The average Bonchev–Trinajstić information content (AvgIpc) is 2.19. The molecule has 1 aromatic rings. The molecule has 76 valence electrons. The zero-order valence-corrected chi connectivity index (χ0v) is 8.07. The number of nitrogen functional groups attached to an aromatic ring is 1. The van der Waals surface area contributed by atoms with E-state index in [1.165, 1.54) is 0 Å². The molecule has 0 saturated heterocycles. The summed E-state index contributed by atoms with van der Waals surface area (Å²) in [6.45, 7) is 3.10. The molecule has 4 nitrogen and oxygen atoms in total. The third-order valence-corrected chi connectivity index (χ3v) is 2.34. The Labute approximate surface area is 83.4 Å². The second-order valence-electron chi connectivity index (χ2n) is 3.35. The molecule has 0 aliphatic carbocycles. The Morgan fingerprint density at radius 1 is 1.43 bits per heavy atom. The maximum atomic E-state index is 5.73. The lowest BCUT2D eigenvalue weighted by Gasteiger charge is -2.31. The molecule has 0 bridgehead atoms. The van der Waals surface area contributed by atoms with Gasteiger partial charge in [0.2, 0.25) is 0 Å². The molecule has 0 unspecified atom stereocenters. The second-order valence-corrected chi connectivity index (χ2v) is 3.35. The Balaban J connectivity index is 2.32. The molecule has 2 rings (SSSR count). The molecular formula is C10H15N3O. The first kappa shape index (κ1) is 9.15. The van der Waals surface area contributed by atoms with Crippen molar-refractivity contribution in [3.8, 4) is 5.75 Å². The van der Waals surface area contributed by atoms with Gasteiger partial charge in [-0.15, -0.1) is 0 Å². The fourth-order valence-electron chi connectivity index (χ4n) is 1.68. The minimum Gasteiger partial charge on any atom is -0.490 e. The molecular weight excluding hydrogens is 178 g/mol. The maximum Gasteiger partial charge on any atom is 0.142 e. The van der Waals surface area contributed by atoms with E-state index in [9.17, 15) is 0 Å². The third kappa shape index (κ3) is 1.61. The van der Waals surface area contributed by atoms with Gasteiger partial charge in [-0.25, -0.2) is 0 Å². The molecule has 0 radical (unpaired) electrons. The molecule has 0 aromatic heterocycles. The number of anilines is 2. The number of ether oxygens (including phenoxy) is 1. The lowest BCUT2D eigenvalue weighted by atomic mass is 10.2. The van der Waals surface area contributed by atoms with Gasteiger partial charge in [-0.2, -0.15) is 0 Å². The van der Waals surface area contributed by atoms with Crippen LogP contribution >= 0.6 is 0 Å². The van der Waals surface area contributed by atoms with Gasteiger partial charge in [0.1, 0.15) is 12.4 Å². The Hall–Kier alpha value is -1.42. The number of benzene rings is 1. The highest BCUT2D eigenvalue weighted by molar-refractivity contribution is 5.65. The maximum absolute atomic E-state index is 5.73. The minimum atomic E-state index is 0.647. The van der Waals surface area contributed by atoms with Crippen LogP contribution in [0, 0.1) is 0 Å². The van der Waals surface area contributed by atoms with Crippen molar-refractivity contribution in [3.63, 3.8) is 0 Å². The van der Waals surface area contributed by atoms with Crippen LogP contribution in [0.5, 0.6) is 5.75 Å². The van der Waals surface area contributed by atoms with Crippen LogP contribution < -0.4 is 21.1 Å². The summed E-state index contributed by atoms with van der Waals surface area (Å²) < 4.78 is 5.52. The van der Waals surface area contributed by atoms with Gasteiger partial charge < -0.3 is 21.1 Å². The van der Waals surface area contributed by atoms with Crippen LogP contribution in [-0.4, -0.2) is 26.2 Å². The van der Waals surface area contributed by atoms with Gasteiger partial charge in [0, 0.05) is 18.8 Å². The number of rotatable bonds is 2. The van der Waals surface area contributed by atoms with Crippen molar-refractivity contribution < 1.29 is 4.74 Å². The normalized spacial score (nSPS) is 14.8. The van der Waals surface area contributed by atoms with Crippen LogP contribution in [0.2, 0.25) is 0 Å². The number of fused-ring (bicyclic) bond motifs is 1. The Bertz CT molecular complexity index is 327. The van der Waals surface area contributed by atoms with E-state index in [2.05, 4.69) is 4.90 Å². The van der Waals surface area contributed by atoms with Gasteiger partial charge in [0.25, 0.3) is 0 Å². The standard InChI is InChI=1S/C10H15N3O/c11-3-4-13-5-6-14-10-2-1-8(12)7-9(10)13/h1-2,7H,3-6,11-12H2. The fourth-order valence-corrected chi connectivity index (χ4v) is 1.68. The van der Waals surface area contributed by atoms with E-state index in [-0.39, 0.29) is 0 Å².